The first-order valence-electron chi connectivity index (χ1n) is 1.30. The van der Waals surface area contributed by atoms with E-state index in [1.807, 2.05) is 0 Å². The van der Waals surface area contributed by atoms with E-state index >= 15 is 0 Å². The Balaban J connectivity index is -0.00000000468. The number of hydrogen-bond acceptors (Lipinski definition) is 2. The summed E-state index contributed by atoms with van der Waals surface area (Å²) in [7, 11) is 0. The Morgan fingerprint density at radius 2 is 0.600 bits per heavy atom. The van der Waals surface area contributed by atoms with Crippen molar-refractivity contribution in [2.75, 3.05) is 0 Å². The van der Waals surface area contributed by atoms with E-state index in [2.05, 4.69) is 0 Å². The van der Waals surface area contributed by atoms with Crippen LogP contribution >= 0.6 is 0 Å². The van der Waals surface area contributed by atoms with Crippen LogP contribution in [-0.4, -0.2) is 184 Å². The van der Waals surface area contributed by atoms with Crippen LogP contribution in [0.4, 0.5) is 9.59 Å². The fraction of sp³-hybridized carbons (Fsp3) is 0. The van der Waals surface area contributed by atoms with E-state index in [0.29, 0.717) is 0 Å². The normalized spacial score (nSPS) is 3.20. The van der Waals surface area contributed by atoms with Gasteiger partial charge in [0.1, 0.15) is 0 Å². The van der Waals surface area contributed by atoms with E-state index in [1.54, 1.807) is 0 Å². The molecule has 0 aliphatic carbocycles. The molecule has 0 amide bonds. The predicted octanol–water partition coefficient (Wildman–Crippen LogP) is -5.16. The molecule has 0 rings (SSSR count). The molecular formula is C2H16Ca2Na2O9. The van der Waals surface area contributed by atoms with Gasteiger partial charge in [0.25, 0.3) is 0 Å². The van der Waals surface area contributed by atoms with Gasteiger partial charge in [0.05, 0.1) is 0 Å². The molecule has 0 unspecified atom stereocenters. The Hall–Kier alpha value is 2.94. The molecule has 84 valence electrons. The molecule has 13 heteroatoms. The summed E-state index contributed by atoms with van der Waals surface area (Å²) in [6, 6.07) is 0. The molecule has 0 atom stereocenters. The number of rotatable bonds is 0. The Morgan fingerprint density at radius 3 is 0.600 bits per heavy atom. The first-order valence-corrected chi connectivity index (χ1v) is 1.30. The molecule has 0 radical (unpaired) electrons. The van der Waals surface area contributed by atoms with Gasteiger partial charge in [-0.2, -0.15) is 0 Å². The molecule has 0 aromatic rings. The summed E-state index contributed by atoms with van der Waals surface area (Å²) in [4.78, 5) is 17.1. The second kappa shape index (κ2) is 53.9. The topological polar surface area (TPSA) is 210 Å². The van der Waals surface area contributed by atoms with Gasteiger partial charge < -0.3 is 36.9 Å². The zero-order valence-corrected chi connectivity index (χ0v) is 5.11. The van der Waals surface area contributed by atoms with Crippen molar-refractivity contribution in [2.45, 2.75) is 0 Å². The van der Waals surface area contributed by atoms with Gasteiger partial charge >= 0.3 is 147 Å². The van der Waals surface area contributed by atoms with Gasteiger partial charge in [-0.3, -0.25) is 0 Å². The predicted molar refractivity (Wildman–Crippen MR) is 63.5 cm³/mol. The van der Waals surface area contributed by atoms with Gasteiger partial charge in [-0.1, -0.05) is 0 Å². The summed E-state index contributed by atoms with van der Waals surface area (Å²) < 4.78 is 0. The fourth-order valence-corrected chi connectivity index (χ4v) is 0. The van der Waals surface area contributed by atoms with E-state index in [0.717, 1.165) is 0 Å². The zero-order chi connectivity index (χ0) is 7.15. The summed E-state index contributed by atoms with van der Waals surface area (Å²) in [6.45, 7) is 0. The average Bonchev–Trinajstić information content (AvgIpc) is 1.25. The second-order valence-electron chi connectivity index (χ2n) is 0.565. The summed E-state index contributed by atoms with van der Waals surface area (Å²) in [5.74, 6) is 0. The number of hydrogen-bond donors (Lipinski definition) is 4. The summed E-state index contributed by atoms with van der Waals surface area (Å²) in [6.07, 6.45) is -3.67. The molecule has 0 heterocycles. The minimum atomic E-state index is -1.83. The first-order chi connectivity index (χ1) is 3.46. The van der Waals surface area contributed by atoms with Crippen molar-refractivity contribution in [3.05, 3.63) is 0 Å². The van der Waals surface area contributed by atoms with Crippen LogP contribution in [-0.2, 0) is 0 Å². The van der Waals surface area contributed by atoms with Crippen molar-refractivity contribution in [1.29, 1.82) is 0 Å². The maximum atomic E-state index is 8.56. The molecule has 0 aliphatic rings. The molecule has 10 N–H and O–H groups in total. The zero-order valence-electron chi connectivity index (χ0n) is 5.11. The van der Waals surface area contributed by atoms with Crippen LogP contribution in [0.5, 0.6) is 0 Å². The van der Waals surface area contributed by atoms with Crippen molar-refractivity contribution in [2.24, 2.45) is 0 Å². The van der Waals surface area contributed by atoms with E-state index in [-0.39, 0.29) is 151 Å². The van der Waals surface area contributed by atoms with Gasteiger partial charge in [-0.15, -0.1) is 0 Å². The summed E-state index contributed by atoms with van der Waals surface area (Å²) in [5, 5.41) is 27.9. The minimum absolute atomic E-state index is 0. The molecule has 0 bridgehead atoms. The monoisotopic (exact) mass is 310 g/mol. The Labute approximate surface area is 189 Å². The van der Waals surface area contributed by atoms with Crippen molar-refractivity contribution in [3.8, 4) is 0 Å². The molecule has 0 saturated carbocycles. The van der Waals surface area contributed by atoms with E-state index in [4.69, 9.17) is 30.0 Å². The fourth-order valence-electron chi connectivity index (χ4n) is 0. The van der Waals surface area contributed by atoms with Crippen LogP contribution in [0.2, 0.25) is 0 Å². The molecule has 0 aliphatic heterocycles. The van der Waals surface area contributed by atoms with Crippen molar-refractivity contribution >= 4 is 147 Å². The van der Waals surface area contributed by atoms with Crippen molar-refractivity contribution < 1.29 is 46.4 Å². The molecule has 0 saturated heterocycles. The van der Waals surface area contributed by atoms with E-state index in [1.165, 1.54) is 0 Å². The summed E-state index contributed by atoms with van der Waals surface area (Å²) in [5.41, 5.74) is 0. The molecular weight excluding hydrogens is 294 g/mol. The maximum absolute atomic E-state index is 8.56. The number of carbonyl (C=O) groups is 2. The van der Waals surface area contributed by atoms with Gasteiger partial charge in [0.2, 0.25) is 0 Å². The van der Waals surface area contributed by atoms with Crippen LogP contribution in [0, 0.1) is 0 Å². The Morgan fingerprint density at radius 1 is 0.600 bits per heavy atom. The first kappa shape index (κ1) is 64.4. The van der Waals surface area contributed by atoms with E-state index < -0.39 is 12.3 Å². The quantitative estimate of drug-likeness (QED) is 0.321. The SMILES string of the molecule is O.O.O.O=C(O)O.O=C(O)O.[CaH2].[CaH2].[NaH].[NaH]. The van der Waals surface area contributed by atoms with Crippen LogP contribution in [0.25, 0.3) is 0 Å². The van der Waals surface area contributed by atoms with Crippen molar-refractivity contribution in [3.63, 3.8) is 0 Å². The van der Waals surface area contributed by atoms with Crippen LogP contribution in [0.3, 0.4) is 0 Å². The molecule has 15 heavy (non-hydrogen) atoms. The third-order valence-electron chi connectivity index (χ3n) is 0. The number of carboxylic acid groups (broad SMARTS) is 4. The van der Waals surface area contributed by atoms with Gasteiger partial charge in [-0.05, 0) is 0 Å². The molecule has 0 fully saturated rings. The molecule has 0 aromatic carbocycles. The summed E-state index contributed by atoms with van der Waals surface area (Å²) >= 11 is 0. The Bertz CT molecular complexity index is 82.1. The van der Waals surface area contributed by atoms with Gasteiger partial charge in [0.15, 0.2) is 0 Å². The second-order valence-corrected chi connectivity index (χ2v) is 0.565. The van der Waals surface area contributed by atoms with Gasteiger partial charge in [-0.25, -0.2) is 9.59 Å². The standard InChI is InChI=1S/2CH2O3.2Ca.2Na.3H2O.6H/c2*2-1(3)4;;;;;;;;;;;;;/h2*(H2,2,3,4);;;;;3*1H2;;;;;;. The van der Waals surface area contributed by atoms with Crippen LogP contribution < -0.4 is 0 Å². The molecule has 0 aromatic heterocycles. The third-order valence-corrected chi connectivity index (χ3v) is 0. The average molecular weight is 310 g/mol. The van der Waals surface area contributed by atoms with E-state index in [9.17, 15) is 0 Å². The molecule has 9 nitrogen and oxygen atoms in total. The third kappa shape index (κ3) is 438. The van der Waals surface area contributed by atoms with Crippen molar-refractivity contribution in [1.82, 2.24) is 0 Å². The molecule has 0 spiro atoms. The Kier molecular flexibility index (Phi) is 231. The van der Waals surface area contributed by atoms with Crippen LogP contribution in [0.1, 0.15) is 0 Å². The van der Waals surface area contributed by atoms with Crippen LogP contribution in [0.15, 0.2) is 0 Å². The van der Waals surface area contributed by atoms with Gasteiger partial charge in [0, 0.05) is 0 Å².